The molecule has 5 N–H and O–H groups in total. The number of carbonyl (C=O) groups excluding carboxylic acids is 1. The number of anilines is 2. The molecule has 0 atom stereocenters. The topological polar surface area (TPSA) is 130 Å². The van der Waals surface area contributed by atoms with E-state index >= 15 is 0 Å². The van der Waals surface area contributed by atoms with E-state index in [1.165, 1.54) is 16.9 Å². The lowest BCUT2D eigenvalue weighted by Gasteiger charge is -2.24. The minimum absolute atomic E-state index is 0.0442. The van der Waals surface area contributed by atoms with Gasteiger partial charge in [0.2, 0.25) is 5.78 Å². The minimum atomic E-state index is -0.452. The summed E-state index contributed by atoms with van der Waals surface area (Å²) in [4.78, 5) is 16.6. The number of hydrogen-bond donors (Lipinski definition) is 3. The molecule has 6 rings (SSSR count). The molecule has 5 aromatic rings. The van der Waals surface area contributed by atoms with Gasteiger partial charge in [-0.3, -0.25) is 4.79 Å². The second kappa shape index (κ2) is 10.4. The molecular weight excluding hydrogens is 513 g/mol. The zero-order chi connectivity index (χ0) is 27.8. The van der Waals surface area contributed by atoms with Crippen LogP contribution in [0.2, 0.25) is 0 Å². The number of nitrogens with two attached hydrogens (primary N) is 2. The second-order valence-corrected chi connectivity index (χ2v) is 9.76. The molecule has 0 bridgehead atoms. The number of aromatic nitrogens is 3. The quantitative estimate of drug-likeness (QED) is 0.182. The van der Waals surface area contributed by atoms with Crippen LogP contribution in [0, 0.1) is 12.7 Å². The van der Waals surface area contributed by atoms with Gasteiger partial charge in [-0.2, -0.15) is 5.10 Å². The zero-order valence-corrected chi connectivity index (χ0v) is 21.8. The van der Waals surface area contributed by atoms with Crippen molar-refractivity contribution < 1.29 is 23.4 Å². The molecule has 204 valence electrons. The summed E-state index contributed by atoms with van der Waals surface area (Å²) in [7, 11) is 0. The summed E-state index contributed by atoms with van der Waals surface area (Å²) in [6.45, 7) is 3.18. The standard InChI is InChI=1S/C30H28FN5O4/c1-17-12-20(40-27-5-3-2-4-22(27)31)6-7-26(17)36-30(33)21(16-34-36)29(37)25-13-18-14-28(23(32)15-24(18)35-25)39-19-8-10-38-11-9-19/h2-7,12-16,19,35H,8-11,32-33H2,1H3. The van der Waals surface area contributed by atoms with Crippen LogP contribution in [0.4, 0.5) is 15.9 Å². The van der Waals surface area contributed by atoms with Gasteiger partial charge in [0.05, 0.1) is 42.0 Å². The molecule has 0 spiro atoms. The smallest absolute Gasteiger partial charge is 0.214 e. The fraction of sp³-hybridized carbons (Fsp3) is 0.200. The van der Waals surface area contributed by atoms with Gasteiger partial charge in [-0.1, -0.05) is 12.1 Å². The van der Waals surface area contributed by atoms with Gasteiger partial charge in [0.25, 0.3) is 0 Å². The number of halogens is 1. The largest absolute Gasteiger partial charge is 0.488 e. The summed E-state index contributed by atoms with van der Waals surface area (Å²) in [6.07, 6.45) is 3.10. The van der Waals surface area contributed by atoms with Gasteiger partial charge in [0, 0.05) is 23.7 Å². The molecule has 1 fully saturated rings. The van der Waals surface area contributed by atoms with Crippen molar-refractivity contribution in [3.05, 3.63) is 89.5 Å². The van der Waals surface area contributed by atoms with E-state index in [1.54, 1.807) is 48.5 Å². The number of carbonyl (C=O) groups is 1. The van der Waals surface area contributed by atoms with Crippen LogP contribution in [0.5, 0.6) is 17.2 Å². The highest BCUT2D eigenvalue weighted by molar-refractivity contribution is 6.12. The Bertz CT molecular complexity index is 1720. The maximum absolute atomic E-state index is 14.0. The van der Waals surface area contributed by atoms with Gasteiger partial charge in [-0.05, 0) is 61.0 Å². The predicted octanol–water partition coefficient (Wildman–Crippen LogP) is 5.55. The van der Waals surface area contributed by atoms with E-state index in [2.05, 4.69) is 10.1 Å². The molecule has 1 aliphatic rings. The normalized spacial score (nSPS) is 13.9. The molecule has 0 radical (unpaired) electrons. The molecular formula is C30H28FN5O4. The average Bonchev–Trinajstić information content (AvgIpc) is 3.53. The Kier molecular flexibility index (Phi) is 6.61. The molecule has 3 heterocycles. The summed E-state index contributed by atoms with van der Waals surface area (Å²) < 4.78 is 32.7. The monoisotopic (exact) mass is 541 g/mol. The Hall–Kier alpha value is -4.83. The number of hydrogen-bond acceptors (Lipinski definition) is 7. The maximum Gasteiger partial charge on any atom is 0.214 e. The fourth-order valence-corrected chi connectivity index (χ4v) is 4.83. The maximum atomic E-state index is 14.0. The highest BCUT2D eigenvalue weighted by Crippen LogP contribution is 2.32. The summed E-state index contributed by atoms with van der Waals surface area (Å²) in [5.41, 5.74) is 15.9. The van der Waals surface area contributed by atoms with Gasteiger partial charge in [0.1, 0.15) is 23.4 Å². The van der Waals surface area contributed by atoms with E-state index < -0.39 is 5.82 Å². The molecule has 0 saturated carbocycles. The molecule has 2 aromatic heterocycles. The van der Waals surface area contributed by atoms with E-state index in [4.69, 9.17) is 25.7 Å². The van der Waals surface area contributed by atoms with Crippen molar-refractivity contribution in [3.63, 3.8) is 0 Å². The molecule has 0 amide bonds. The number of aromatic amines is 1. The van der Waals surface area contributed by atoms with Crippen LogP contribution in [0.15, 0.2) is 66.9 Å². The van der Waals surface area contributed by atoms with Gasteiger partial charge in [0.15, 0.2) is 11.6 Å². The lowest BCUT2D eigenvalue weighted by molar-refractivity contribution is 0.0259. The van der Waals surface area contributed by atoms with Crippen molar-refractivity contribution in [1.29, 1.82) is 0 Å². The SMILES string of the molecule is Cc1cc(Oc2ccccc2F)ccc1-n1ncc(C(=O)c2cc3cc(OC4CCOCC4)c(N)cc3[nH]2)c1N. The fourth-order valence-electron chi connectivity index (χ4n) is 4.83. The highest BCUT2D eigenvalue weighted by Gasteiger charge is 2.22. The minimum Gasteiger partial charge on any atom is -0.488 e. The lowest BCUT2D eigenvalue weighted by Crippen LogP contribution is -2.26. The van der Waals surface area contributed by atoms with Crippen LogP contribution in [0.25, 0.3) is 16.6 Å². The summed E-state index contributed by atoms with van der Waals surface area (Å²) in [5.74, 6) is 0.614. The summed E-state index contributed by atoms with van der Waals surface area (Å²) >= 11 is 0. The Balaban J connectivity index is 1.24. The first-order valence-electron chi connectivity index (χ1n) is 13.0. The molecule has 40 heavy (non-hydrogen) atoms. The van der Waals surface area contributed by atoms with Crippen molar-refractivity contribution in [3.8, 4) is 22.9 Å². The molecule has 9 nitrogen and oxygen atoms in total. The van der Waals surface area contributed by atoms with E-state index in [9.17, 15) is 9.18 Å². The molecule has 1 saturated heterocycles. The molecule has 0 unspecified atom stereocenters. The number of nitrogens with zero attached hydrogens (tertiary/aromatic N) is 2. The van der Waals surface area contributed by atoms with E-state index in [0.717, 1.165) is 23.8 Å². The van der Waals surface area contributed by atoms with Crippen molar-refractivity contribution >= 4 is 28.2 Å². The third kappa shape index (κ3) is 4.85. The first-order chi connectivity index (χ1) is 19.4. The van der Waals surface area contributed by atoms with Gasteiger partial charge >= 0.3 is 0 Å². The molecule has 10 heteroatoms. The van der Waals surface area contributed by atoms with Crippen LogP contribution < -0.4 is 20.9 Å². The number of rotatable bonds is 7. The van der Waals surface area contributed by atoms with Crippen LogP contribution in [-0.4, -0.2) is 39.9 Å². The molecule has 0 aliphatic carbocycles. The number of ether oxygens (including phenoxy) is 3. The Morgan fingerprint density at radius 2 is 1.88 bits per heavy atom. The Labute approximate surface area is 229 Å². The number of fused-ring (bicyclic) bond motifs is 1. The number of para-hydroxylation sites is 1. The van der Waals surface area contributed by atoms with Crippen LogP contribution in [-0.2, 0) is 4.74 Å². The molecule has 3 aromatic carbocycles. The summed E-state index contributed by atoms with van der Waals surface area (Å²) in [6, 6.07) is 16.8. The van der Waals surface area contributed by atoms with Crippen molar-refractivity contribution in [1.82, 2.24) is 14.8 Å². The van der Waals surface area contributed by atoms with E-state index in [1.807, 2.05) is 13.0 Å². The van der Waals surface area contributed by atoms with Crippen LogP contribution >= 0.6 is 0 Å². The number of benzene rings is 3. The lowest BCUT2D eigenvalue weighted by atomic mass is 10.1. The first kappa shape index (κ1) is 25.4. The second-order valence-electron chi connectivity index (χ2n) is 9.76. The predicted molar refractivity (Wildman–Crippen MR) is 150 cm³/mol. The van der Waals surface area contributed by atoms with Crippen LogP contribution in [0.3, 0.4) is 0 Å². The Morgan fingerprint density at radius 1 is 1.07 bits per heavy atom. The van der Waals surface area contributed by atoms with Gasteiger partial charge in [-0.15, -0.1) is 0 Å². The highest BCUT2D eigenvalue weighted by atomic mass is 19.1. The number of H-pyrrole nitrogens is 1. The number of nitrogen functional groups attached to an aromatic ring is 2. The van der Waals surface area contributed by atoms with Crippen molar-refractivity contribution in [2.45, 2.75) is 25.9 Å². The third-order valence-electron chi connectivity index (χ3n) is 6.97. The first-order valence-corrected chi connectivity index (χ1v) is 13.0. The van der Waals surface area contributed by atoms with E-state index in [0.29, 0.717) is 47.3 Å². The number of aryl methyl sites for hydroxylation is 1. The third-order valence-corrected chi connectivity index (χ3v) is 6.97. The number of nitrogens with one attached hydrogen (secondary N) is 1. The number of ketones is 1. The van der Waals surface area contributed by atoms with E-state index in [-0.39, 0.29) is 29.0 Å². The van der Waals surface area contributed by atoms with Crippen LogP contribution in [0.1, 0.15) is 34.5 Å². The summed E-state index contributed by atoms with van der Waals surface area (Å²) in [5, 5.41) is 5.17. The van der Waals surface area contributed by atoms with Crippen molar-refractivity contribution in [2.75, 3.05) is 24.7 Å². The molecule has 1 aliphatic heterocycles. The van der Waals surface area contributed by atoms with Gasteiger partial charge in [-0.25, -0.2) is 9.07 Å². The zero-order valence-electron chi connectivity index (χ0n) is 21.8. The van der Waals surface area contributed by atoms with Gasteiger partial charge < -0.3 is 30.7 Å². The van der Waals surface area contributed by atoms with Crippen molar-refractivity contribution in [2.24, 2.45) is 0 Å². The average molecular weight is 542 g/mol. The Morgan fingerprint density at radius 3 is 2.65 bits per heavy atom.